The topological polar surface area (TPSA) is 25.2 Å². The molecule has 2 aromatic rings. The Kier molecular flexibility index (Phi) is 2.38. The first-order chi connectivity index (χ1) is 6.33. The number of halogens is 1. The van der Waals surface area contributed by atoms with E-state index in [1.54, 1.807) is 6.26 Å². The number of furan rings is 1. The van der Waals surface area contributed by atoms with E-state index in [4.69, 9.17) is 4.42 Å². The molecular formula is C10H10BrNO. The van der Waals surface area contributed by atoms with Gasteiger partial charge in [-0.15, -0.1) is 0 Å². The molecule has 68 valence electrons. The monoisotopic (exact) mass is 239 g/mol. The molecular weight excluding hydrogens is 230 g/mol. The molecule has 0 unspecified atom stereocenters. The van der Waals surface area contributed by atoms with E-state index in [9.17, 15) is 0 Å². The van der Waals surface area contributed by atoms with Crippen LogP contribution in [0.25, 0.3) is 11.0 Å². The maximum absolute atomic E-state index is 5.45. The highest BCUT2D eigenvalue weighted by Crippen LogP contribution is 2.27. The summed E-state index contributed by atoms with van der Waals surface area (Å²) < 4.78 is 6.45. The second-order valence-corrected chi connectivity index (χ2v) is 3.76. The summed E-state index contributed by atoms with van der Waals surface area (Å²) >= 11 is 3.45. The van der Waals surface area contributed by atoms with Gasteiger partial charge >= 0.3 is 0 Å². The SMILES string of the molecule is CNCc1coc2c(Br)cccc12. The second kappa shape index (κ2) is 3.52. The van der Waals surface area contributed by atoms with Crippen LogP contribution in [-0.4, -0.2) is 7.05 Å². The third kappa shape index (κ3) is 1.49. The second-order valence-electron chi connectivity index (χ2n) is 2.91. The van der Waals surface area contributed by atoms with Gasteiger partial charge in [0.25, 0.3) is 0 Å². The molecule has 0 atom stereocenters. The predicted octanol–water partition coefficient (Wildman–Crippen LogP) is 2.91. The smallest absolute Gasteiger partial charge is 0.148 e. The number of para-hydroxylation sites is 1. The maximum atomic E-state index is 5.45. The molecule has 1 heterocycles. The van der Waals surface area contributed by atoms with Crippen LogP contribution in [0.1, 0.15) is 5.56 Å². The summed E-state index contributed by atoms with van der Waals surface area (Å²) in [4.78, 5) is 0. The molecule has 0 saturated heterocycles. The summed E-state index contributed by atoms with van der Waals surface area (Å²) in [5.41, 5.74) is 2.12. The molecule has 1 N–H and O–H groups in total. The minimum atomic E-state index is 0.837. The van der Waals surface area contributed by atoms with Crippen molar-refractivity contribution >= 4 is 26.9 Å². The molecule has 1 aromatic carbocycles. The summed E-state index contributed by atoms with van der Waals surface area (Å²) in [6.07, 6.45) is 1.80. The number of fused-ring (bicyclic) bond motifs is 1. The molecule has 0 aliphatic carbocycles. The molecule has 0 radical (unpaired) electrons. The maximum Gasteiger partial charge on any atom is 0.148 e. The summed E-state index contributed by atoms with van der Waals surface area (Å²) in [7, 11) is 1.93. The molecule has 0 bridgehead atoms. The van der Waals surface area contributed by atoms with Gasteiger partial charge in [0, 0.05) is 17.5 Å². The third-order valence-corrected chi connectivity index (χ3v) is 2.62. The Morgan fingerprint density at radius 2 is 2.31 bits per heavy atom. The van der Waals surface area contributed by atoms with Gasteiger partial charge in [-0.2, -0.15) is 0 Å². The van der Waals surface area contributed by atoms with Crippen LogP contribution in [0.4, 0.5) is 0 Å². The summed E-state index contributed by atoms with van der Waals surface area (Å²) in [6.45, 7) is 0.837. The zero-order valence-electron chi connectivity index (χ0n) is 7.30. The van der Waals surface area contributed by atoms with Crippen molar-refractivity contribution in [2.75, 3.05) is 7.05 Å². The van der Waals surface area contributed by atoms with Crippen LogP contribution in [0.2, 0.25) is 0 Å². The Hall–Kier alpha value is -0.800. The number of rotatable bonds is 2. The lowest BCUT2D eigenvalue weighted by Gasteiger charge is -1.95. The van der Waals surface area contributed by atoms with E-state index in [1.165, 1.54) is 10.9 Å². The van der Waals surface area contributed by atoms with Crippen LogP contribution in [-0.2, 0) is 6.54 Å². The first-order valence-corrected chi connectivity index (χ1v) is 4.91. The van der Waals surface area contributed by atoms with E-state index >= 15 is 0 Å². The van der Waals surface area contributed by atoms with E-state index < -0.39 is 0 Å². The summed E-state index contributed by atoms with van der Waals surface area (Å²) in [5, 5.41) is 4.28. The van der Waals surface area contributed by atoms with Crippen molar-refractivity contribution in [3.63, 3.8) is 0 Å². The Morgan fingerprint density at radius 3 is 3.08 bits per heavy atom. The van der Waals surface area contributed by atoms with Gasteiger partial charge in [-0.05, 0) is 29.0 Å². The van der Waals surface area contributed by atoms with Crippen molar-refractivity contribution in [2.45, 2.75) is 6.54 Å². The summed E-state index contributed by atoms with van der Waals surface area (Å²) in [5.74, 6) is 0. The van der Waals surface area contributed by atoms with Crippen LogP contribution >= 0.6 is 15.9 Å². The van der Waals surface area contributed by atoms with Crippen molar-refractivity contribution in [1.29, 1.82) is 0 Å². The zero-order chi connectivity index (χ0) is 9.26. The van der Waals surface area contributed by atoms with E-state index in [-0.39, 0.29) is 0 Å². The molecule has 2 rings (SSSR count). The lowest BCUT2D eigenvalue weighted by molar-refractivity contribution is 0.605. The van der Waals surface area contributed by atoms with Gasteiger partial charge in [-0.3, -0.25) is 0 Å². The zero-order valence-corrected chi connectivity index (χ0v) is 8.89. The van der Waals surface area contributed by atoms with Crippen molar-refractivity contribution in [2.24, 2.45) is 0 Å². The van der Waals surface area contributed by atoms with Gasteiger partial charge in [-0.25, -0.2) is 0 Å². The van der Waals surface area contributed by atoms with E-state index in [0.717, 1.165) is 16.6 Å². The van der Waals surface area contributed by atoms with Crippen LogP contribution in [0.3, 0.4) is 0 Å². The average Bonchev–Trinajstić information content (AvgIpc) is 2.51. The van der Waals surface area contributed by atoms with Gasteiger partial charge in [0.15, 0.2) is 0 Å². The number of nitrogens with one attached hydrogen (secondary N) is 1. The highest BCUT2D eigenvalue weighted by Gasteiger charge is 2.06. The van der Waals surface area contributed by atoms with E-state index in [1.807, 2.05) is 19.2 Å². The molecule has 0 spiro atoms. The molecule has 0 saturated carbocycles. The lowest BCUT2D eigenvalue weighted by atomic mass is 10.2. The number of hydrogen-bond donors (Lipinski definition) is 1. The van der Waals surface area contributed by atoms with Gasteiger partial charge in [0.1, 0.15) is 5.58 Å². The normalized spacial score (nSPS) is 10.9. The van der Waals surface area contributed by atoms with Crippen LogP contribution < -0.4 is 5.32 Å². The van der Waals surface area contributed by atoms with Gasteiger partial charge in [0.2, 0.25) is 0 Å². The largest absolute Gasteiger partial charge is 0.463 e. The molecule has 0 amide bonds. The molecule has 1 aromatic heterocycles. The van der Waals surface area contributed by atoms with Crippen LogP contribution in [0.15, 0.2) is 33.4 Å². The Balaban J connectivity index is 2.61. The first kappa shape index (κ1) is 8.78. The van der Waals surface area contributed by atoms with Crippen molar-refractivity contribution in [3.05, 3.63) is 34.5 Å². The molecule has 2 nitrogen and oxygen atoms in total. The Morgan fingerprint density at radius 1 is 1.46 bits per heavy atom. The number of benzene rings is 1. The Bertz CT molecular complexity index is 422. The van der Waals surface area contributed by atoms with Crippen molar-refractivity contribution in [3.8, 4) is 0 Å². The molecule has 0 fully saturated rings. The first-order valence-electron chi connectivity index (χ1n) is 4.12. The lowest BCUT2D eigenvalue weighted by Crippen LogP contribution is -2.03. The Labute approximate surface area is 85.1 Å². The average molecular weight is 240 g/mol. The molecule has 0 aliphatic heterocycles. The highest BCUT2D eigenvalue weighted by molar-refractivity contribution is 9.10. The van der Waals surface area contributed by atoms with Gasteiger partial charge in [-0.1, -0.05) is 12.1 Å². The quantitative estimate of drug-likeness (QED) is 0.872. The standard InChI is InChI=1S/C10H10BrNO/c1-12-5-7-6-13-10-8(7)3-2-4-9(10)11/h2-4,6,12H,5H2,1H3. The number of hydrogen-bond acceptors (Lipinski definition) is 2. The molecule has 13 heavy (non-hydrogen) atoms. The minimum absolute atomic E-state index is 0.837. The minimum Gasteiger partial charge on any atom is -0.463 e. The predicted molar refractivity (Wildman–Crippen MR) is 56.7 cm³/mol. The van der Waals surface area contributed by atoms with Gasteiger partial charge in [0.05, 0.1) is 10.7 Å². The fourth-order valence-electron chi connectivity index (χ4n) is 1.40. The van der Waals surface area contributed by atoms with Crippen molar-refractivity contribution in [1.82, 2.24) is 5.32 Å². The fraction of sp³-hybridized carbons (Fsp3) is 0.200. The van der Waals surface area contributed by atoms with Crippen LogP contribution in [0, 0.1) is 0 Å². The highest BCUT2D eigenvalue weighted by atomic mass is 79.9. The summed E-state index contributed by atoms with van der Waals surface area (Å²) in [6, 6.07) is 6.06. The third-order valence-electron chi connectivity index (χ3n) is 2.00. The van der Waals surface area contributed by atoms with E-state index in [2.05, 4.69) is 27.3 Å². The molecule has 0 aliphatic rings. The van der Waals surface area contributed by atoms with Crippen molar-refractivity contribution < 1.29 is 4.42 Å². The van der Waals surface area contributed by atoms with Gasteiger partial charge < -0.3 is 9.73 Å². The van der Waals surface area contributed by atoms with Crippen LogP contribution in [0.5, 0.6) is 0 Å². The van der Waals surface area contributed by atoms with E-state index in [0.29, 0.717) is 0 Å². The fourth-order valence-corrected chi connectivity index (χ4v) is 1.86. The molecule has 3 heteroatoms.